The fraction of sp³-hybridized carbons (Fsp3) is 1.00. The molecular formula is C11H24N2O2S. The summed E-state index contributed by atoms with van der Waals surface area (Å²) in [4.78, 5) is 0. The van der Waals surface area contributed by atoms with Crippen LogP contribution < -0.4 is 5.73 Å². The largest absolute Gasteiger partial charge is 0.330 e. The highest BCUT2D eigenvalue weighted by Crippen LogP contribution is 2.31. The van der Waals surface area contributed by atoms with Gasteiger partial charge in [-0.1, -0.05) is 13.3 Å². The molecule has 0 aromatic heterocycles. The lowest BCUT2D eigenvalue weighted by molar-refractivity contribution is 0.274. The van der Waals surface area contributed by atoms with Crippen LogP contribution in [0.25, 0.3) is 0 Å². The second-order valence-electron chi connectivity index (χ2n) is 4.79. The molecule has 1 fully saturated rings. The van der Waals surface area contributed by atoms with Crippen LogP contribution in [0.3, 0.4) is 0 Å². The highest BCUT2D eigenvalue weighted by Gasteiger charge is 2.37. The third-order valence-corrected chi connectivity index (χ3v) is 5.90. The number of hydrogen-bond acceptors (Lipinski definition) is 3. The van der Waals surface area contributed by atoms with E-state index in [1.54, 1.807) is 18.2 Å². The normalized spacial score (nSPS) is 26.9. The molecule has 1 rings (SSSR count). The van der Waals surface area contributed by atoms with Gasteiger partial charge in [0.25, 0.3) is 0 Å². The average Bonchev–Trinajstić information content (AvgIpc) is 2.66. The second kappa shape index (κ2) is 5.47. The Morgan fingerprint density at radius 1 is 1.38 bits per heavy atom. The summed E-state index contributed by atoms with van der Waals surface area (Å²) in [5, 5.41) is -0.341. The molecule has 0 saturated heterocycles. The molecule has 5 heteroatoms. The van der Waals surface area contributed by atoms with Crippen LogP contribution in [-0.2, 0) is 10.0 Å². The van der Waals surface area contributed by atoms with Crippen LogP contribution in [0, 0.1) is 5.92 Å². The van der Waals surface area contributed by atoms with Crippen molar-refractivity contribution in [1.82, 2.24) is 4.31 Å². The van der Waals surface area contributed by atoms with Crippen LogP contribution in [0.2, 0.25) is 0 Å². The van der Waals surface area contributed by atoms with E-state index in [1.807, 2.05) is 6.92 Å². The van der Waals surface area contributed by atoms with Gasteiger partial charge in [0, 0.05) is 12.6 Å². The first-order chi connectivity index (χ1) is 7.45. The molecule has 2 N–H and O–H groups in total. The number of rotatable bonds is 5. The molecule has 1 saturated carbocycles. The molecule has 0 bridgehead atoms. The lowest BCUT2D eigenvalue weighted by atomic mass is 10.0. The molecule has 2 atom stereocenters. The summed E-state index contributed by atoms with van der Waals surface area (Å²) >= 11 is 0. The first-order valence-electron chi connectivity index (χ1n) is 6.15. The van der Waals surface area contributed by atoms with Gasteiger partial charge in [-0.3, -0.25) is 0 Å². The van der Waals surface area contributed by atoms with E-state index >= 15 is 0 Å². The standard InChI is InChI=1S/C11H24N2O2S/c1-4-13(16(14,15)9(2)3)11-7-5-6-10(11)8-12/h9-11H,4-8,12H2,1-3H3. The lowest BCUT2D eigenvalue weighted by Crippen LogP contribution is -2.46. The summed E-state index contributed by atoms with van der Waals surface area (Å²) in [7, 11) is -3.14. The van der Waals surface area contributed by atoms with E-state index in [9.17, 15) is 8.42 Å². The van der Waals surface area contributed by atoms with E-state index in [1.165, 1.54) is 0 Å². The van der Waals surface area contributed by atoms with Crippen LogP contribution in [0.15, 0.2) is 0 Å². The van der Waals surface area contributed by atoms with Crippen LogP contribution in [0.1, 0.15) is 40.0 Å². The molecule has 0 aromatic carbocycles. The van der Waals surface area contributed by atoms with E-state index in [-0.39, 0.29) is 11.3 Å². The van der Waals surface area contributed by atoms with Gasteiger partial charge in [-0.05, 0) is 39.2 Å². The maximum Gasteiger partial charge on any atom is 0.216 e. The first-order valence-corrected chi connectivity index (χ1v) is 7.66. The van der Waals surface area contributed by atoms with E-state index in [0.717, 1.165) is 19.3 Å². The average molecular weight is 248 g/mol. The van der Waals surface area contributed by atoms with Gasteiger partial charge in [0.05, 0.1) is 5.25 Å². The van der Waals surface area contributed by atoms with E-state index < -0.39 is 10.0 Å². The SMILES string of the molecule is CCN(C1CCCC1CN)S(=O)(=O)C(C)C. The van der Waals surface area contributed by atoms with E-state index in [4.69, 9.17) is 5.73 Å². The zero-order valence-corrected chi connectivity index (χ0v) is 11.3. The fourth-order valence-corrected chi connectivity index (χ4v) is 4.10. The molecule has 0 amide bonds. The van der Waals surface area contributed by atoms with Crippen LogP contribution in [0.4, 0.5) is 0 Å². The van der Waals surface area contributed by atoms with Crippen LogP contribution in [-0.4, -0.2) is 37.1 Å². The minimum absolute atomic E-state index is 0.127. The first kappa shape index (κ1) is 13.9. The molecule has 0 aromatic rings. The minimum atomic E-state index is -3.14. The Morgan fingerprint density at radius 2 is 2.00 bits per heavy atom. The second-order valence-corrected chi connectivity index (χ2v) is 7.23. The van der Waals surface area contributed by atoms with Crippen molar-refractivity contribution in [3.8, 4) is 0 Å². The van der Waals surface area contributed by atoms with Crippen LogP contribution >= 0.6 is 0 Å². The Morgan fingerprint density at radius 3 is 2.44 bits per heavy atom. The summed E-state index contributed by atoms with van der Waals surface area (Å²) in [5.74, 6) is 0.341. The Balaban J connectivity index is 2.90. The van der Waals surface area contributed by atoms with Crippen molar-refractivity contribution in [1.29, 1.82) is 0 Å². The Hall–Kier alpha value is -0.130. The molecule has 1 aliphatic rings. The Bertz CT molecular complexity index is 314. The van der Waals surface area contributed by atoms with Crippen molar-refractivity contribution in [3.63, 3.8) is 0 Å². The van der Waals surface area contributed by atoms with Crippen molar-refractivity contribution in [2.24, 2.45) is 11.7 Å². The number of nitrogens with zero attached hydrogens (tertiary/aromatic N) is 1. The van der Waals surface area contributed by atoms with Gasteiger partial charge >= 0.3 is 0 Å². The van der Waals surface area contributed by atoms with E-state index in [0.29, 0.717) is 19.0 Å². The zero-order chi connectivity index (χ0) is 12.3. The maximum absolute atomic E-state index is 12.2. The highest BCUT2D eigenvalue weighted by molar-refractivity contribution is 7.89. The van der Waals surface area contributed by atoms with Crippen molar-refractivity contribution in [3.05, 3.63) is 0 Å². The molecule has 1 aliphatic carbocycles. The molecule has 2 unspecified atom stereocenters. The molecule has 0 spiro atoms. The Kier molecular flexibility index (Phi) is 4.76. The summed E-state index contributed by atoms with van der Waals surface area (Å²) in [5.41, 5.74) is 5.71. The fourth-order valence-electron chi connectivity index (χ4n) is 2.55. The van der Waals surface area contributed by atoms with Gasteiger partial charge in [0.15, 0.2) is 0 Å². The quantitative estimate of drug-likeness (QED) is 0.794. The van der Waals surface area contributed by atoms with Crippen LogP contribution in [0.5, 0.6) is 0 Å². The summed E-state index contributed by atoms with van der Waals surface area (Å²) in [6, 6.07) is 0.127. The number of nitrogens with two attached hydrogens (primary N) is 1. The molecule has 4 nitrogen and oxygen atoms in total. The minimum Gasteiger partial charge on any atom is -0.330 e. The van der Waals surface area contributed by atoms with Gasteiger partial charge in [-0.15, -0.1) is 0 Å². The predicted molar refractivity (Wildman–Crippen MR) is 66.6 cm³/mol. The predicted octanol–water partition coefficient (Wildman–Crippen LogP) is 1.17. The Labute approximate surface area is 99.2 Å². The maximum atomic E-state index is 12.2. The molecule has 96 valence electrons. The highest BCUT2D eigenvalue weighted by atomic mass is 32.2. The van der Waals surface area contributed by atoms with Gasteiger partial charge in [0.2, 0.25) is 10.0 Å². The molecular weight excluding hydrogens is 224 g/mol. The van der Waals surface area contributed by atoms with Crippen molar-refractivity contribution in [2.45, 2.75) is 51.3 Å². The molecule has 16 heavy (non-hydrogen) atoms. The number of hydrogen-bond donors (Lipinski definition) is 1. The molecule has 0 heterocycles. The van der Waals surface area contributed by atoms with Gasteiger partial charge in [-0.25, -0.2) is 8.42 Å². The number of sulfonamides is 1. The zero-order valence-electron chi connectivity index (χ0n) is 10.5. The third kappa shape index (κ3) is 2.57. The lowest BCUT2D eigenvalue weighted by Gasteiger charge is -2.32. The van der Waals surface area contributed by atoms with Gasteiger partial charge < -0.3 is 5.73 Å². The van der Waals surface area contributed by atoms with Crippen molar-refractivity contribution >= 4 is 10.0 Å². The van der Waals surface area contributed by atoms with E-state index in [2.05, 4.69) is 0 Å². The molecule has 0 aliphatic heterocycles. The van der Waals surface area contributed by atoms with Crippen molar-refractivity contribution < 1.29 is 8.42 Å². The van der Waals surface area contributed by atoms with Gasteiger partial charge in [-0.2, -0.15) is 4.31 Å². The summed E-state index contributed by atoms with van der Waals surface area (Å²) in [6.45, 7) is 6.54. The summed E-state index contributed by atoms with van der Waals surface area (Å²) < 4.78 is 26.1. The smallest absolute Gasteiger partial charge is 0.216 e. The molecule has 0 radical (unpaired) electrons. The van der Waals surface area contributed by atoms with Gasteiger partial charge in [0.1, 0.15) is 0 Å². The summed E-state index contributed by atoms with van der Waals surface area (Å²) in [6.07, 6.45) is 3.11. The third-order valence-electron chi connectivity index (χ3n) is 3.53. The topological polar surface area (TPSA) is 63.4 Å². The van der Waals surface area contributed by atoms with Crippen molar-refractivity contribution in [2.75, 3.05) is 13.1 Å². The monoisotopic (exact) mass is 248 g/mol.